The first kappa shape index (κ1) is 41.5. The number of carbonyl (C=O) groups excluding carboxylic acids is 4. The van der Waals surface area contributed by atoms with Gasteiger partial charge in [-0.2, -0.15) is 4.89 Å². The summed E-state index contributed by atoms with van der Waals surface area (Å²) in [6.07, 6.45) is 9.06. The average molecular weight is 645 g/mol. The van der Waals surface area contributed by atoms with Gasteiger partial charge in [-0.05, 0) is 87.1 Å². The second-order valence-corrected chi connectivity index (χ2v) is 9.44. The molecule has 0 aliphatic heterocycles. The third-order valence-corrected chi connectivity index (χ3v) is 5.48. The minimum absolute atomic E-state index is 0.230. The maximum atomic E-state index is 12.5. The van der Waals surface area contributed by atoms with E-state index in [0.717, 1.165) is 44.9 Å². The summed E-state index contributed by atoms with van der Waals surface area (Å²) in [5.41, 5.74) is 0.323. The van der Waals surface area contributed by atoms with Crippen LogP contribution in [0.2, 0.25) is 0 Å². The molecule has 254 valence electrons. The van der Waals surface area contributed by atoms with Crippen molar-refractivity contribution >= 4 is 23.9 Å². The summed E-state index contributed by atoms with van der Waals surface area (Å²) in [6.45, 7) is 12.0. The number of aliphatic hydroxyl groups is 1. The molecule has 0 spiro atoms. The number of hydrogen-bond acceptors (Lipinski definition) is 11. The topological polar surface area (TPSA) is 144 Å². The highest BCUT2D eigenvalue weighted by atomic mass is 17.2. The Kier molecular flexibility index (Phi) is 25.3. The van der Waals surface area contributed by atoms with Gasteiger partial charge in [0.1, 0.15) is 11.5 Å². The lowest BCUT2D eigenvalue weighted by atomic mass is 10.2. The van der Waals surface area contributed by atoms with Crippen molar-refractivity contribution < 1.29 is 53.0 Å². The average Bonchev–Trinajstić information content (AvgIpc) is 3.07. The summed E-state index contributed by atoms with van der Waals surface area (Å²) in [6, 6.07) is 12.5. The molecule has 0 saturated heterocycles. The zero-order valence-corrected chi connectivity index (χ0v) is 27.2. The molecule has 0 unspecified atom stereocenters. The molecule has 0 fully saturated rings. The van der Waals surface area contributed by atoms with Crippen LogP contribution in [0, 0.1) is 0 Å². The van der Waals surface area contributed by atoms with E-state index in [0.29, 0.717) is 55.3 Å². The van der Waals surface area contributed by atoms with E-state index in [1.165, 1.54) is 18.6 Å². The number of hydrogen-bond donors (Lipinski definition) is 1. The van der Waals surface area contributed by atoms with Crippen molar-refractivity contribution in [3.05, 3.63) is 79.4 Å². The molecule has 0 aliphatic carbocycles. The lowest BCUT2D eigenvalue weighted by molar-refractivity contribution is -0.207. The lowest BCUT2D eigenvalue weighted by Gasteiger charge is -2.08. The number of carbonyl (C=O) groups is 4. The first-order valence-corrected chi connectivity index (χ1v) is 15.3. The van der Waals surface area contributed by atoms with Crippen molar-refractivity contribution in [1.29, 1.82) is 0 Å². The first-order valence-electron chi connectivity index (χ1n) is 15.3. The molecule has 0 radical (unpaired) electrons. The Hall–Kier alpha value is -4.48. The van der Waals surface area contributed by atoms with Crippen molar-refractivity contribution in [2.24, 2.45) is 0 Å². The molecule has 0 aliphatic rings. The van der Waals surface area contributed by atoms with E-state index in [1.54, 1.807) is 36.4 Å². The van der Waals surface area contributed by atoms with Gasteiger partial charge in [0.25, 0.3) is 0 Å². The number of esters is 4. The van der Waals surface area contributed by atoms with Crippen LogP contribution in [0.25, 0.3) is 0 Å². The fourth-order valence-electron chi connectivity index (χ4n) is 3.31. The minimum Gasteiger partial charge on any atom is -0.463 e. The van der Waals surface area contributed by atoms with Gasteiger partial charge in [0.05, 0.1) is 25.4 Å². The summed E-state index contributed by atoms with van der Waals surface area (Å²) in [4.78, 5) is 56.8. The molecular formula is C35H48O11. The van der Waals surface area contributed by atoms with E-state index >= 15 is 0 Å². The number of unbranched alkanes of at least 4 members (excludes halogenated alkanes) is 5. The van der Waals surface area contributed by atoms with Crippen LogP contribution in [-0.2, 0) is 28.7 Å². The van der Waals surface area contributed by atoms with E-state index in [4.69, 9.17) is 33.8 Å². The van der Waals surface area contributed by atoms with E-state index in [2.05, 4.69) is 27.0 Å². The Bertz CT molecular complexity index is 1140. The smallest absolute Gasteiger partial charge is 0.343 e. The maximum absolute atomic E-state index is 12.5. The molecule has 0 bridgehead atoms. The molecule has 11 heteroatoms. The van der Waals surface area contributed by atoms with Crippen LogP contribution in [0.4, 0.5) is 0 Å². The van der Waals surface area contributed by atoms with Crippen molar-refractivity contribution in [3.8, 4) is 17.2 Å². The van der Waals surface area contributed by atoms with Crippen LogP contribution in [0.5, 0.6) is 17.2 Å². The third kappa shape index (κ3) is 21.3. The molecule has 46 heavy (non-hydrogen) atoms. The van der Waals surface area contributed by atoms with Gasteiger partial charge in [0.15, 0.2) is 5.75 Å². The van der Waals surface area contributed by atoms with E-state index < -0.39 is 17.9 Å². The van der Waals surface area contributed by atoms with Gasteiger partial charge in [0, 0.05) is 25.7 Å². The van der Waals surface area contributed by atoms with Crippen molar-refractivity contribution in [2.45, 2.75) is 71.6 Å². The van der Waals surface area contributed by atoms with Gasteiger partial charge in [-0.3, -0.25) is 4.79 Å². The number of ether oxygens (including phenoxy) is 4. The quantitative estimate of drug-likeness (QED) is 0.0409. The summed E-state index contributed by atoms with van der Waals surface area (Å²) in [5, 5.41) is 7.00. The third-order valence-electron chi connectivity index (χ3n) is 5.48. The second kappa shape index (κ2) is 28.0. The van der Waals surface area contributed by atoms with Crippen LogP contribution in [-0.4, -0.2) is 55.9 Å². The van der Waals surface area contributed by atoms with Crippen LogP contribution < -0.4 is 14.4 Å². The molecule has 2 rings (SSSR count). The molecule has 0 heterocycles. The first-order chi connectivity index (χ1) is 22.3. The van der Waals surface area contributed by atoms with Gasteiger partial charge in [0.2, 0.25) is 0 Å². The molecule has 2 aromatic carbocycles. The second-order valence-electron chi connectivity index (χ2n) is 9.44. The Labute approximate surface area is 272 Å². The molecular weight excluding hydrogens is 596 g/mol. The van der Waals surface area contributed by atoms with Gasteiger partial charge in [-0.15, -0.1) is 0 Å². The lowest BCUT2D eigenvalue weighted by Crippen LogP contribution is -2.09. The number of rotatable bonds is 20. The zero-order chi connectivity index (χ0) is 34.4. The number of benzene rings is 2. The highest BCUT2D eigenvalue weighted by Crippen LogP contribution is 2.20. The van der Waals surface area contributed by atoms with Gasteiger partial charge >= 0.3 is 23.9 Å². The molecule has 0 atom stereocenters. The Balaban J connectivity index is 0.00000381. The van der Waals surface area contributed by atoms with E-state index in [9.17, 15) is 19.2 Å². The van der Waals surface area contributed by atoms with Crippen molar-refractivity contribution in [2.75, 3.05) is 26.9 Å². The van der Waals surface area contributed by atoms with Gasteiger partial charge in [-0.1, -0.05) is 39.8 Å². The monoisotopic (exact) mass is 644 g/mol. The fraction of sp³-hybridized carbons (Fsp3) is 0.429. The Morgan fingerprint density at radius 2 is 1.07 bits per heavy atom. The van der Waals surface area contributed by atoms with Gasteiger partial charge in [-0.25, -0.2) is 14.4 Å². The summed E-state index contributed by atoms with van der Waals surface area (Å²) >= 11 is 0. The SMILES string of the molecule is C=CC(=O)OCCCCCCOOc1ccc(C(=O)Oc2ccc(OC(=O)CCCCCOC(=O)C=C)cc2)cc1.CCC.CO. The van der Waals surface area contributed by atoms with Crippen molar-refractivity contribution in [1.82, 2.24) is 0 Å². The highest BCUT2D eigenvalue weighted by molar-refractivity contribution is 5.91. The molecule has 1 N–H and O–H groups in total. The predicted molar refractivity (Wildman–Crippen MR) is 173 cm³/mol. The van der Waals surface area contributed by atoms with Crippen LogP contribution in [0.3, 0.4) is 0 Å². The predicted octanol–water partition coefficient (Wildman–Crippen LogP) is 6.73. The fourth-order valence-corrected chi connectivity index (χ4v) is 3.31. The van der Waals surface area contributed by atoms with E-state index in [-0.39, 0.29) is 19.0 Å². The van der Waals surface area contributed by atoms with Crippen LogP contribution in [0.1, 0.15) is 82.0 Å². The largest absolute Gasteiger partial charge is 0.463 e. The van der Waals surface area contributed by atoms with Gasteiger partial charge < -0.3 is 28.9 Å². The standard InChI is InChI=1S/C31H36O10.C3H8.CH4O/c1-3-28(32)36-21-9-5-6-11-23-38-41-27-15-13-24(14-16-27)31(35)40-26-19-17-25(18-20-26)39-30(34)12-8-7-10-22-37-29(33)4-2;1-3-2;1-2/h3-4,13-20H,1-2,5-12,21-23H2;3H2,1-2H3;2H,1H3. The molecule has 11 nitrogen and oxygen atoms in total. The minimum atomic E-state index is -0.556. The molecule has 0 aromatic heterocycles. The zero-order valence-electron chi connectivity index (χ0n) is 27.2. The van der Waals surface area contributed by atoms with E-state index in [1.807, 2.05) is 0 Å². The summed E-state index contributed by atoms with van der Waals surface area (Å²) in [5.74, 6) is -0.735. The molecule has 2 aromatic rings. The van der Waals surface area contributed by atoms with Crippen LogP contribution >= 0.6 is 0 Å². The molecule has 0 saturated carbocycles. The van der Waals surface area contributed by atoms with Crippen molar-refractivity contribution in [3.63, 3.8) is 0 Å². The summed E-state index contributed by atoms with van der Waals surface area (Å²) in [7, 11) is 1.00. The van der Waals surface area contributed by atoms with Crippen LogP contribution in [0.15, 0.2) is 73.8 Å². The maximum Gasteiger partial charge on any atom is 0.343 e. The Morgan fingerprint density at radius 1 is 0.630 bits per heavy atom. The number of aliphatic hydroxyl groups excluding tert-OH is 1. The Morgan fingerprint density at radius 3 is 1.57 bits per heavy atom. The highest BCUT2D eigenvalue weighted by Gasteiger charge is 2.11. The summed E-state index contributed by atoms with van der Waals surface area (Å²) < 4.78 is 20.4. The normalized spacial score (nSPS) is 9.65. The molecule has 0 amide bonds.